The highest BCUT2D eigenvalue weighted by molar-refractivity contribution is 7.80. The molecule has 10 heavy (non-hydrogen) atoms. The number of thiol groups is 1. The minimum Gasteiger partial charge on any atom is -0.176 e. The average Bonchev–Trinajstić information content (AvgIpc) is 1.87. The van der Waals surface area contributed by atoms with Crippen LogP contribution in [0.1, 0.15) is 47.0 Å². The van der Waals surface area contributed by atoms with Crippen LogP contribution in [-0.2, 0) is 0 Å². The van der Waals surface area contributed by atoms with Crippen LogP contribution in [0.2, 0.25) is 0 Å². The second kappa shape index (κ2) is 4.27. The normalized spacial score (nSPS) is 15.3. The highest BCUT2D eigenvalue weighted by atomic mass is 32.1. The fourth-order valence-electron chi connectivity index (χ4n) is 0.927. The molecule has 0 aliphatic heterocycles. The second-order valence-electron chi connectivity index (χ2n) is 3.78. The summed E-state index contributed by atoms with van der Waals surface area (Å²) in [6.45, 7) is 9.07. The second-order valence-corrected chi connectivity index (χ2v) is 4.51. The van der Waals surface area contributed by atoms with Gasteiger partial charge in [0, 0.05) is 5.25 Å². The molecule has 0 bridgehead atoms. The lowest BCUT2D eigenvalue weighted by Crippen LogP contribution is -2.15. The first kappa shape index (κ1) is 10.3. The van der Waals surface area contributed by atoms with Gasteiger partial charge in [0.25, 0.3) is 0 Å². The summed E-state index contributed by atoms with van der Waals surface area (Å²) in [4.78, 5) is 0. The van der Waals surface area contributed by atoms with Crippen LogP contribution in [-0.4, -0.2) is 5.25 Å². The highest BCUT2D eigenvalue weighted by Gasteiger charge is 2.17. The molecule has 1 unspecified atom stereocenters. The fraction of sp³-hybridized carbons (Fsp3) is 1.00. The molecule has 1 heteroatoms. The number of hydrogen-bond donors (Lipinski definition) is 1. The summed E-state index contributed by atoms with van der Waals surface area (Å²) in [6, 6.07) is 0. The van der Waals surface area contributed by atoms with E-state index in [4.69, 9.17) is 0 Å². The lowest BCUT2D eigenvalue weighted by atomic mass is 9.84. The Hall–Kier alpha value is 0.350. The Morgan fingerprint density at radius 1 is 1.30 bits per heavy atom. The zero-order chi connectivity index (χ0) is 8.20. The van der Waals surface area contributed by atoms with Gasteiger partial charge in [-0.25, -0.2) is 0 Å². The van der Waals surface area contributed by atoms with Crippen molar-refractivity contribution in [2.24, 2.45) is 5.41 Å². The van der Waals surface area contributed by atoms with Crippen LogP contribution in [0.3, 0.4) is 0 Å². The van der Waals surface area contributed by atoms with E-state index < -0.39 is 0 Å². The van der Waals surface area contributed by atoms with Crippen LogP contribution >= 0.6 is 12.6 Å². The van der Waals surface area contributed by atoms with E-state index in [-0.39, 0.29) is 0 Å². The van der Waals surface area contributed by atoms with E-state index in [0.29, 0.717) is 10.7 Å². The quantitative estimate of drug-likeness (QED) is 0.598. The van der Waals surface area contributed by atoms with Gasteiger partial charge in [-0.3, -0.25) is 0 Å². The molecule has 0 saturated carbocycles. The molecule has 0 rings (SSSR count). The van der Waals surface area contributed by atoms with Crippen molar-refractivity contribution in [1.29, 1.82) is 0 Å². The van der Waals surface area contributed by atoms with Crippen molar-refractivity contribution >= 4 is 12.6 Å². The van der Waals surface area contributed by atoms with Gasteiger partial charge in [-0.2, -0.15) is 12.6 Å². The van der Waals surface area contributed by atoms with Gasteiger partial charge in [-0.1, -0.05) is 34.1 Å². The SMILES string of the molecule is CCC(S)CC(C)(C)CC. The van der Waals surface area contributed by atoms with Gasteiger partial charge in [-0.05, 0) is 18.3 Å². The molecule has 1 atom stereocenters. The topological polar surface area (TPSA) is 0 Å². The molecule has 0 N–H and O–H groups in total. The van der Waals surface area contributed by atoms with E-state index in [1.54, 1.807) is 0 Å². The number of hydrogen-bond acceptors (Lipinski definition) is 1. The molecule has 0 spiro atoms. The lowest BCUT2D eigenvalue weighted by molar-refractivity contribution is 0.317. The Morgan fingerprint density at radius 3 is 2.10 bits per heavy atom. The van der Waals surface area contributed by atoms with Crippen LogP contribution in [0.25, 0.3) is 0 Å². The Bertz CT molecular complexity index is 86.7. The first-order valence-electron chi connectivity index (χ1n) is 4.20. The van der Waals surface area contributed by atoms with E-state index in [9.17, 15) is 0 Å². The summed E-state index contributed by atoms with van der Waals surface area (Å²) in [7, 11) is 0. The van der Waals surface area contributed by atoms with Gasteiger partial charge < -0.3 is 0 Å². The van der Waals surface area contributed by atoms with E-state index >= 15 is 0 Å². The first-order chi connectivity index (χ1) is 4.52. The summed E-state index contributed by atoms with van der Waals surface area (Å²) >= 11 is 4.48. The van der Waals surface area contributed by atoms with E-state index in [2.05, 4.69) is 40.3 Å². The van der Waals surface area contributed by atoms with Crippen molar-refractivity contribution in [3.05, 3.63) is 0 Å². The van der Waals surface area contributed by atoms with Gasteiger partial charge >= 0.3 is 0 Å². The lowest BCUT2D eigenvalue weighted by Gasteiger charge is -2.25. The molecular weight excluding hydrogens is 140 g/mol. The smallest absolute Gasteiger partial charge is 0.00192 e. The van der Waals surface area contributed by atoms with Gasteiger partial charge in [0.05, 0.1) is 0 Å². The third-order valence-corrected chi connectivity index (χ3v) is 2.76. The number of rotatable bonds is 4. The third kappa shape index (κ3) is 4.21. The molecule has 0 aromatic rings. The molecule has 62 valence electrons. The molecule has 0 aliphatic carbocycles. The predicted molar refractivity (Wildman–Crippen MR) is 51.8 cm³/mol. The average molecular weight is 160 g/mol. The van der Waals surface area contributed by atoms with Crippen LogP contribution < -0.4 is 0 Å². The molecule has 0 nitrogen and oxygen atoms in total. The zero-order valence-electron chi connectivity index (χ0n) is 7.65. The van der Waals surface area contributed by atoms with E-state index in [0.717, 1.165) is 0 Å². The van der Waals surface area contributed by atoms with Crippen molar-refractivity contribution in [2.75, 3.05) is 0 Å². The standard InChI is InChI=1S/C9H20S/c1-5-8(10)7-9(3,4)6-2/h8,10H,5-7H2,1-4H3. The third-order valence-electron chi connectivity index (χ3n) is 2.22. The molecule has 0 radical (unpaired) electrons. The van der Waals surface area contributed by atoms with Crippen LogP contribution in [0.15, 0.2) is 0 Å². The maximum Gasteiger partial charge on any atom is 0.00192 e. The summed E-state index contributed by atoms with van der Waals surface area (Å²) in [5, 5.41) is 0.593. The van der Waals surface area contributed by atoms with Crippen LogP contribution in [0.5, 0.6) is 0 Å². The Balaban J connectivity index is 3.64. The monoisotopic (exact) mass is 160 g/mol. The molecule has 0 saturated heterocycles. The molecule has 0 fully saturated rings. The fourth-order valence-corrected chi connectivity index (χ4v) is 1.42. The van der Waals surface area contributed by atoms with Crippen molar-refractivity contribution in [2.45, 2.75) is 52.2 Å². The predicted octanol–water partition coefficient (Wildman–Crippen LogP) is 3.52. The molecular formula is C9H20S. The molecule has 0 amide bonds. The largest absolute Gasteiger partial charge is 0.176 e. The van der Waals surface area contributed by atoms with E-state index in [1.165, 1.54) is 19.3 Å². The molecule has 0 aliphatic rings. The first-order valence-corrected chi connectivity index (χ1v) is 4.71. The maximum atomic E-state index is 4.48. The minimum absolute atomic E-state index is 0.489. The van der Waals surface area contributed by atoms with Crippen molar-refractivity contribution in [3.8, 4) is 0 Å². The summed E-state index contributed by atoms with van der Waals surface area (Å²) in [5.41, 5.74) is 0.489. The van der Waals surface area contributed by atoms with Crippen LogP contribution in [0.4, 0.5) is 0 Å². The van der Waals surface area contributed by atoms with Gasteiger partial charge in [0.2, 0.25) is 0 Å². The molecule has 0 heterocycles. The molecule has 0 aromatic carbocycles. The van der Waals surface area contributed by atoms with E-state index in [1.807, 2.05) is 0 Å². The van der Waals surface area contributed by atoms with Gasteiger partial charge in [0.1, 0.15) is 0 Å². The zero-order valence-corrected chi connectivity index (χ0v) is 8.54. The minimum atomic E-state index is 0.489. The summed E-state index contributed by atoms with van der Waals surface area (Å²) in [5.74, 6) is 0. The maximum absolute atomic E-state index is 4.48. The Labute approximate surface area is 70.8 Å². The Morgan fingerprint density at radius 2 is 1.80 bits per heavy atom. The van der Waals surface area contributed by atoms with Crippen LogP contribution in [0, 0.1) is 5.41 Å². The van der Waals surface area contributed by atoms with Crippen molar-refractivity contribution in [3.63, 3.8) is 0 Å². The summed E-state index contributed by atoms with van der Waals surface area (Å²) < 4.78 is 0. The summed E-state index contributed by atoms with van der Waals surface area (Å²) in [6.07, 6.45) is 3.68. The van der Waals surface area contributed by atoms with Gasteiger partial charge in [0.15, 0.2) is 0 Å². The molecule has 0 aromatic heterocycles. The van der Waals surface area contributed by atoms with Gasteiger partial charge in [-0.15, -0.1) is 0 Å². The van der Waals surface area contributed by atoms with Crippen molar-refractivity contribution in [1.82, 2.24) is 0 Å². The highest BCUT2D eigenvalue weighted by Crippen LogP contribution is 2.28. The Kier molecular flexibility index (Phi) is 4.42. The van der Waals surface area contributed by atoms with Crippen molar-refractivity contribution < 1.29 is 0 Å².